The van der Waals surface area contributed by atoms with Gasteiger partial charge in [0.15, 0.2) is 5.82 Å². The van der Waals surface area contributed by atoms with E-state index in [-0.39, 0.29) is 5.56 Å². The van der Waals surface area contributed by atoms with Gasteiger partial charge in [0, 0.05) is 17.5 Å². The van der Waals surface area contributed by atoms with Crippen molar-refractivity contribution in [2.45, 2.75) is 20.3 Å². The van der Waals surface area contributed by atoms with Crippen LogP contribution >= 0.6 is 0 Å². The van der Waals surface area contributed by atoms with Crippen molar-refractivity contribution in [1.29, 1.82) is 0 Å². The Kier molecular flexibility index (Phi) is 2.76. The smallest absolute Gasteiger partial charge is 0.254 e. The first-order valence-electron chi connectivity index (χ1n) is 5.08. The van der Waals surface area contributed by atoms with Crippen LogP contribution in [-0.2, 0) is 6.42 Å². The molecule has 0 radical (unpaired) electrons. The van der Waals surface area contributed by atoms with E-state index in [0.717, 1.165) is 11.3 Å². The van der Waals surface area contributed by atoms with Crippen LogP contribution in [0.4, 0.5) is 0 Å². The van der Waals surface area contributed by atoms with Gasteiger partial charge >= 0.3 is 0 Å². The van der Waals surface area contributed by atoms with E-state index in [1.165, 1.54) is 6.33 Å². The van der Waals surface area contributed by atoms with Crippen molar-refractivity contribution < 1.29 is 0 Å². The molecule has 0 aliphatic rings. The second-order valence-corrected chi connectivity index (χ2v) is 3.43. The van der Waals surface area contributed by atoms with E-state index in [1.807, 2.05) is 13.8 Å². The zero-order valence-electron chi connectivity index (χ0n) is 9.19. The van der Waals surface area contributed by atoms with E-state index in [9.17, 15) is 4.79 Å². The van der Waals surface area contributed by atoms with E-state index in [2.05, 4.69) is 19.9 Å². The zero-order chi connectivity index (χ0) is 11.5. The molecule has 0 atom stereocenters. The summed E-state index contributed by atoms with van der Waals surface area (Å²) in [4.78, 5) is 26.6. The first-order chi connectivity index (χ1) is 7.72. The Morgan fingerprint density at radius 2 is 2.25 bits per heavy atom. The molecule has 2 aromatic rings. The average molecular weight is 216 g/mol. The largest absolute Gasteiger partial charge is 0.305 e. The maximum absolute atomic E-state index is 11.7. The molecule has 5 heteroatoms. The summed E-state index contributed by atoms with van der Waals surface area (Å²) in [5.41, 5.74) is 2.00. The summed E-state index contributed by atoms with van der Waals surface area (Å²) >= 11 is 0. The van der Waals surface area contributed by atoms with Crippen LogP contribution in [0.25, 0.3) is 11.5 Å². The van der Waals surface area contributed by atoms with Crippen molar-refractivity contribution in [3.63, 3.8) is 0 Å². The van der Waals surface area contributed by atoms with Crippen LogP contribution in [0.3, 0.4) is 0 Å². The normalized spacial score (nSPS) is 10.4. The molecule has 0 aromatic carbocycles. The lowest BCUT2D eigenvalue weighted by atomic mass is 10.2. The minimum atomic E-state index is -0.0939. The summed E-state index contributed by atoms with van der Waals surface area (Å²) in [7, 11) is 0. The summed E-state index contributed by atoms with van der Waals surface area (Å²) < 4.78 is 0. The lowest BCUT2D eigenvalue weighted by molar-refractivity contribution is 0.959. The van der Waals surface area contributed by atoms with Crippen LogP contribution < -0.4 is 5.56 Å². The molecule has 0 unspecified atom stereocenters. The lowest BCUT2D eigenvalue weighted by Crippen LogP contribution is -2.17. The van der Waals surface area contributed by atoms with Gasteiger partial charge in [-0.1, -0.05) is 6.92 Å². The number of aromatic amines is 1. The molecule has 0 aliphatic heterocycles. The number of H-pyrrole nitrogens is 1. The zero-order valence-corrected chi connectivity index (χ0v) is 9.19. The number of aromatic nitrogens is 4. The SMILES string of the molecule is CCc1c(C)nc(-c2ccncn2)[nH]c1=O. The van der Waals surface area contributed by atoms with Crippen LogP contribution in [0, 0.1) is 6.92 Å². The van der Waals surface area contributed by atoms with E-state index < -0.39 is 0 Å². The number of aryl methyl sites for hydroxylation is 1. The molecule has 2 heterocycles. The predicted octanol–water partition coefficient (Wildman–Crippen LogP) is 1.10. The molecule has 2 rings (SSSR count). The molecule has 1 N–H and O–H groups in total. The van der Waals surface area contributed by atoms with Crippen molar-refractivity contribution in [3.05, 3.63) is 40.2 Å². The predicted molar refractivity (Wildman–Crippen MR) is 60.0 cm³/mol. The van der Waals surface area contributed by atoms with Gasteiger partial charge < -0.3 is 4.98 Å². The number of hydrogen-bond acceptors (Lipinski definition) is 4. The Hall–Kier alpha value is -2.04. The molecule has 5 nitrogen and oxygen atoms in total. The Morgan fingerprint density at radius 1 is 1.44 bits per heavy atom. The maximum Gasteiger partial charge on any atom is 0.254 e. The molecule has 0 saturated carbocycles. The maximum atomic E-state index is 11.7. The molecule has 0 bridgehead atoms. The molecular weight excluding hydrogens is 204 g/mol. The fraction of sp³-hybridized carbons (Fsp3) is 0.273. The van der Waals surface area contributed by atoms with E-state index in [4.69, 9.17) is 0 Å². The summed E-state index contributed by atoms with van der Waals surface area (Å²) in [5.74, 6) is 0.488. The number of hydrogen-bond donors (Lipinski definition) is 1. The van der Waals surface area contributed by atoms with Crippen molar-refractivity contribution >= 4 is 0 Å². The van der Waals surface area contributed by atoms with Gasteiger partial charge in [0.1, 0.15) is 12.0 Å². The Bertz CT molecular complexity index is 548. The van der Waals surface area contributed by atoms with Gasteiger partial charge in [-0.2, -0.15) is 0 Å². The van der Waals surface area contributed by atoms with Crippen LogP contribution in [0.1, 0.15) is 18.2 Å². The summed E-state index contributed by atoms with van der Waals surface area (Å²) in [6, 6.07) is 1.71. The highest BCUT2D eigenvalue weighted by atomic mass is 16.1. The quantitative estimate of drug-likeness (QED) is 0.815. The third kappa shape index (κ3) is 1.84. The molecule has 0 aliphatic carbocycles. The van der Waals surface area contributed by atoms with Gasteiger partial charge in [0.25, 0.3) is 5.56 Å². The van der Waals surface area contributed by atoms with Gasteiger partial charge in [-0.15, -0.1) is 0 Å². The molecule has 82 valence electrons. The van der Waals surface area contributed by atoms with Gasteiger partial charge in [0.2, 0.25) is 0 Å². The minimum absolute atomic E-state index is 0.0939. The van der Waals surface area contributed by atoms with E-state index >= 15 is 0 Å². The van der Waals surface area contributed by atoms with E-state index in [0.29, 0.717) is 17.9 Å². The van der Waals surface area contributed by atoms with Gasteiger partial charge in [0.05, 0.1) is 0 Å². The third-order valence-corrected chi connectivity index (χ3v) is 2.40. The second kappa shape index (κ2) is 4.22. The van der Waals surface area contributed by atoms with Crippen molar-refractivity contribution in [3.8, 4) is 11.5 Å². The lowest BCUT2D eigenvalue weighted by Gasteiger charge is -2.04. The van der Waals surface area contributed by atoms with Crippen LogP contribution in [-0.4, -0.2) is 19.9 Å². The van der Waals surface area contributed by atoms with Gasteiger partial charge in [-0.25, -0.2) is 15.0 Å². The summed E-state index contributed by atoms with van der Waals surface area (Å²) in [6.07, 6.45) is 3.72. The highest BCUT2D eigenvalue weighted by molar-refractivity contribution is 5.48. The van der Waals surface area contributed by atoms with Crippen molar-refractivity contribution in [1.82, 2.24) is 19.9 Å². The molecule has 2 aromatic heterocycles. The molecule has 16 heavy (non-hydrogen) atoms. The average Bonchev–Trinajstić information content (AvgIpc) is 2.30. The Labute approximate surface area is 92.6 Å². The molecule has 0 amide bonds. The van der Waals surface area contributed by atoms with Crippen molar-refractivity contribution in [2.24, 2.45) is 0 Å². The summed E-state index contributed by atoms with van der Waals surface area (Å²) in [6.45, 7) is 3.77. The number of rotatable bonds is 2. The fourth-order valence-corrected chi connectivity index (χ4v) is 1.58. The monoisotopic (exact) mass is 216 g/mol. The molecule has 0 saturated heterocycles. The first kappa shape index (κ1) is 10.5. The van der Waals surface area contributed by atoms with Crippen LogP contribution in [0.15, 0.2) is 23.4 Å². The fourth-order valence-electron chi connectivity index (χ4n) is 1.58. The first-order valence-corrected chi connectivity index (χ1v) is 5.08. The topological polar surface area (TPSA) is 71.5 Å². The van der Waals surface area contributed by atoms with E-state index in [1.54, 1.807) is 12.3 Å². The van der Waals surface area contributed by atoms with Crippen LogP contribution in [0.5, 0.6) is 0 Å². The molecule has 0 fully saturated rings. The van der Waals surface area contributed by atoms with Gasteiger partial charge in [-0.3, -0.25) is 4.79 Å². The highest BCUT2D eigenvalue weighted by Gasteiger charge is 2.08. The number of nitrogens with one attached hydrogen (secondary N) is 1. The number of nitrogens with zero attached hydrogens (tertiary/aromatic N) is 3. The third-order valence-electron chi connectivity index (χ3n) is 2.40. The van der Waals surface area contributed by atoms with Gasteiger partial charge in [-0.05, 0) is 19.4 Å². The Morgan fingerprint density at radius 3 is 2.81 bits per heavy atom. The Balaban J connectivity index is 2.57. The summed E-state index contributed by atoms with van der Waals surface area (Å²) in [5, 5.41) is 0. The second-order valence-electron chi connectivity index (χ2n) is 3.43. The highest BCUT2D eigenvalue weighted by Crippen LogP contribution is 2.10. The van der Waals surface area contributed by atoms with Crippen LogP contribution in [0.2, 0.25) is 0 Å². The minimum Gasteiger partial charge on any atom is -0.305 e. The standard InChI is InChI=1S/C11H12N4O/c1-3-8-7(2)14-10(15-11(8)16)9-4-5-12-6-13-9/h4-6H,3H2,1-2H3,(H,14,15,16). The molecular formula is C11H12N4O. The molecule has 0 spiro atoms. The van der Waals surface area contributed by atoms with Crippen molar-refractivity contribution in [2.75, 3.05) is 0 Å².